The summed E-state index contributed by atoms with van der Waals surface area (Å²) in [6.45, 7) is 4.86. The zero-order valence-electron chi connectivity index (χ0n) is 14.7. The molecule has 0 N–H and O–H groups in total. The number of nitrogens with zero attached hydrogens (tertiary/aromatic N) is 7. The SMILES string of the molecule is CC1CN(c2ccc(-n3cc4c(n3)C(=O)N(c3cnn(C)c3)C4)cn2)C1. The number of aryl methyl sites for hydroxylation is 1. The van der Waals surface area contributed by atoms with Crippen molar-refractivity contribution in [1.29, 1.82) is 0 Å². The third kappa shape index (κ3) is 2.29. The minimum atomic E-state index is -0.0918. The first-order valence-electron chi connectivity index (χ1n) is 8.69. The van der Waals surface area contributed by atoms with Gasteiger partial charge in [-0.1, -0.05) is 6.92 Å². The lowest BCUT2D eigenvalue weighted by molar-refractivity contribution is 0.0991. The Morgan fingerprint density at radius 3 is 2.58 bits per heavy atom. The molecule has 5 rings (SSSR count). The first-order chi connectivity index (χ1) is 12.6. The van der Waals surface area contributed by atoms with Gasteiger partial charge in [-0.3, -0.25) is 14.4 Å². The molecule has 1 fully saturated rings. The zero-order chi connectivity index (χ0) is 17.8. The second kappa shape index (κ2) is 5.42. The quantitative estimate of drug-likeness (QED) is 0.718. The third-order valence-corrected chi connectivity index (χ3v) is 4.95. The Balaban J connectivity index is 1.37. The van der Waals surface area contributed by atoms with Crippen LogP contribution in [0.15, 0.2) is 36.9 Å². The van der Waals surface area contributed by atoms with Gasteiger partial charge in [0.1, 0.15) is 5.82 Å². The molecule has 3 aromatic rings. The van der Waals surface area contributed by atoms with Gasteiger partial charge in [0.15, 0.2) is 5.69 Å². The number of hydrogen-bond acceptors (Lipinski definition) is 5. The van der Waals surface area contributed by atoms with Crippen LogP contribution in [0.3, 0.4) is 0 Å². The van der Waals surface area contributed by atoms with Gasteiger partial charge in [0.05, 0.1) is 30.3 Å². The maximum absolute atomic E-state index is 12.7. The number of pyridine rings is 1. The molecule has 0 aliphatic carbocycles. The molecule has 1 saturated heterocycles. The second-order valence-corrected chi connectivity index (χ2v) is 7.10. The molecular formula is C18H19N7O. The van der Waals surface area contributed by atoms with Gasteiger partial charge in [-0.05, 0) is 18.1 Å². The largest absolute Gasteiger partial charge is 0.356 e. The third-order valence-electron chi connectivity index (χ3n) is 4.95. The molecule has 5 heterocycles. The number of rotatable bonds is 3. The lowest BCUT2D eigenvalue weighted by Gasteiger charge is -2.38. The van der Waals surface area contributed by atoms with Gasteiger partial charge in [0.25, 0.3) is 5.91 Å². The summed E-state index contributed by atoms with van der Waals surface area (Å²) in [5.41, 5.74) is 3.06. The van der Waals surface area contributed by atoms with Crippen LogP contribution in [0.25, 0.3) is 5.69 Å². The van der Waals surface area contributed by atoms with E-state index in [0.29, 0.717) is 12.2 Å². The van der Waals surface area contributed by atoms with Crippen LogP contribution in [0.1, 0.15) is 23.0 Å². The number of anilines is 2. The van der Waals surface area contributed by atoms with E-state index in [1.54, 1.807) is 20.5 Å². The van der Waals surface area contributed by atoms with Gasteiger partial charge in [-0.15, -0.1) is 0 Å². The number of carbonyl (C=O) groups excluding carboxylic acids is 1. The monoisotopic (exact) mass is 349 g/mol. The van der Waals surface area contributed by atoms with Crippen LogP contribution in [-0.2, 0) is 13.6 Å². The average Bonchev–Trinajstić information content (AvgIpc) is 3.29. The fourth-order valence-corrected chi connectivity index (χ4v) is 3.55. The van der Waals surface area contributed by atoms with Crippen LogP contribution in [0.4, 0.5) is 11.5 Å². The van der Waals surface area contributed by atoms with E-state index >= 15 is 0 Å². The van der Waals surface area contributed by atoms with Gasteiger partial charge in [0, 0.05) is 38.1 Å². The van der Waals surface area contributed by atoms with Crippen LogP contribution >= 0.6 is 0 Å². The molecule has 1 amide bonds. The predicted octanol–water partition coefficient (Wildman–Crippen LogP) is 1.62. The van der Waals surface area contributed by atoms with Crippen molar-refractivity contribution in [2.24, 2.45) is 13.0 Å². The number of fused-ring (bicyclic) bond motifs is 1. The predicted molar refractivity (Wildman–Crippen MR) is 96.5 cm³/mol. The fourth-order valence-electron chi connectivity index (χ4n) is 3.55. The van der Waals surface area contributed by atoms with E-state index in [1.165, 1.54) is 0 Å². The van der Waals surface area contributed by atoms with Crippen molar-refractivity contribution in [2.75, 3.05) is 22.9 Å². The van der Waals surface area contributed by atoms with E-state index in [-0.39, 0.29) is 5.91 Å². The van der Waals surface area contributed by atoms with Gasteiger partial charge >= 0.3 is 0 Å². The molecule has 0 radical (unpaired) electrons. The molecule has 132 valence electrons. The summed E-state index contributed by atoms with van der Waals surface area (Å²) in [6, 6.07) is 4.01. The molecule has 8 nitrogen and oxygen atoms in total. The van der Waals surface area contributed by atoms with Crippen molar-refractivity contribution < 1.29 is 4.79 Å². The second-order valence-electron chi connectivity index (χ2n) is 7.10. The number of hydrogen-bond donors (Lipinski definition) is 0. The Labute approximate surface area is 150 Å². The molecule has 2 aliphatic heterocycles. The van der Waals surface area contributed by atoms with Crippen LogP contribution in [-0.4, -0.2) is 43.5 Å². The molecule has 0 saturated carbocycles. The van der Waals surface area contributed by atoms with E-state index in [9.17, 15) is 4.79 Å². The van der Waals surface area contributed by atoms with E-state index in [2.05, 4.69) is 27.0 Å². The van der Waals surface area contributed by atoms with E-state index < -0.39 is 0 Å². The van der Waals surface area contributed by atoms with Crippen molar-refractivity contribution in [3.05, 3.63) is 48.2 Å². The maximum atomic E-state index is 12.7. The topological polar surface area (TPSA) is 72.1 Å². The molecule has 8 heteroatoms. The van der Waals surface area contributed by atoms with Crippen molar-refractivity contribution in [2.45, 2.75) is 13.5 Å². The first kappa shape index (κ1) is 15.1. The smallest absolute Gasteiger partial charge is 0.279 e. The maximum Gasteiger partial charge on any atom is 0.279 e. The summed E-state index contributed by atoms with van der Waals surface area (Å²) in [4.78, 5) is 21.2. The van der Waals surface area contributed by atoms with Crippen LogP contribution in [0.5, 0.6) is 0 Å². The number of aromatic nitrogens is 5. The first-order valence-corrected chi connectivity index (χ1v) is 8.69. The summed E-state index contributed by atoms with van der Waals surface area (Å²) in [6.07, 6.45) is 7.24. The van der Waals surface area contributed by atoms with Gasteiger partial charge < -0.3 is 4.90 Å². The highest BCUT2D eigenvalue weighted by atomic mass is 16.2. The lowest BCUT2D eigenvalue weighted by Crippen LogP contribution is -2.45. The average molecular weight is 349 g/mol. The Hall–Kier alpha value is -3.16. The standard InChI is InChI=1S/C18H19N7O/c1-12-7-23(8-12)16-4-3-14(5-19-16)25-10-13-9-24(18(26)17(13)21-25)15-6-20-22(2)11-15/h3-6,10-12H,7-9H2,1-2H3. The molecule has 0 unspecified atom stereocenters. The Morgan fingerprint density at radius 1 is 1.12 bits per heavy atom. The summed E-state index contributed by atoms with van der Waals surface area (Å²) in [5, 5.41) is 8.62. The van der Waals surface area contributed by atoms with Crippen LogP contribution in [0, 0.1) is 5.92 Å². The summed E-state index contributed by atoms with van der Waals surface area (Å²) in [7, 11) is 1.83. The Morgan fingerprint density at radius 2 is 1.96 bits per heavy atom. The highest BCUT2D eigenvalue weighted by Crippen LogP contribution is 2.28. The van der Waals surface area contributed by atoms with Gasteiger partial charge in [-0.25, -0.2) is 9.67 Å². The van der Waals surface area contributed by atoms with E-state index in [4.69, 9.17) is 0 Å². The van der Waals surface area contributed by atoms with Crippen molar-refractivity contribution in [3.8, 4) is 5.69 Å². The Bertz CT molecular complexity index is 981. The minimum absolute atomic E-state index is 0.0918. The summed E-state index contributed by atoms with van der Waals surface area (Å²) in [5.74, 6) is 1.63. The molecule has 0 aromatic carbocycles. The minimum Gasteiger partial charge on any atom is -0.356 e. The number of amides is 1. The van der Waals surface area contributed by atoms with Crippen molar-refractivity contribution >= 4 is 17.4 Å². The molecule has 26 heavy (non-hydrogen) atoms. The summed E-state index contributed by atoms with van der Waals surface area (Å²) >= 11 is 0. The molecule has 0 atom stereocenters. The normalized spacial score (nSPS) is 16.9. The highest BCUT2D eigenvalue weighted by Gasteiger charge is 2.33. The Kier molecular flexibility index (Phi) is 3.15. The van der Waals surface area contributed by atoms with Gasteiger partial charge in [-0.2, -0.15) is 10.2 Å². The molecule has 2 aliphatic rings. The molecular weight excluding hydrogens is 330 g/mol. The van der Waals surface area contributed by atoms with Crippen LogP contribution < -0.4 is 9.80 Å². The molecule has 0 bridgehead atoms. The van der Waals surface area contributed by atoms with E-state index in [1.807, 2.05) is 37.8 Å². The molecule has 0 spiro atoms. The summed E-state index contributed by atoms with van der Waals surface area (Å²) < 4.78 is 3.42. The number of carbonyl (C=O) groups is 1. The van der Waals surface area contributed by atoms with Gasteiger partial charge in [0.2, 0.25) is 0 Å². The van der Waals surface area contributed by atoms with E-state index in [0.717, 1.165) is 41.8 Å². The molecule has 3 aromatic heterocycles. The lowest BCUT2D eigenvalue weighted by atomic mass is 10.0. The fraction of sp³-hybridized carbons (Fsp3) is 0.333. The highest BCUT2D eigenvalue weighted by molar-refractivity contribution is 6.08. The van der Waals surface area contributed by atoms with Crippen molar-refractivity contribution in [1.82, 2.24) is 24.5 Å². The zero-order valence-corrected chi connectivity index (χ0v) is 14.7. The van der Waals surface area contributed by atoms with Crippen molar-refractivity contribution in [3.63, 3.8) is 0 Å². The van der Waals surface area contributed by atoms with Crippen LogP contribution in [0.2, 0.25) is 0 Å².